The predicted molar refractivity (Wildman–Crippen MR) is 69.9 cm³/mol. The highest BCUT2D eigenvalue weighted by Gasteiger charge is 2.14. The van der Waals surface area contributed by atoms with E-state index in [0.717, 1.165) is 11.3 Å². The minimum absolute atomic E-state index is 0.246. The molecule has 0 saturated heterocycles. The van der Waals surface area contributed by atoms with Crippen molar-refractivity contribution in [3.8, 4) is 23.3 Å². The number of fused-ring (bicyclic) bond motifs is 1. The lowest BCUT2D eigenvalue weighted by Gasteiger charge is -2.09. The molecule has 20 heavy (non-hydrogen) atoms. The van der Waals surface area contributed by atoms with E-state index in [1.54, 1.807) is 0 Å². The third-order valence-corrected chi connectivity index (χ3v) is 2.82. The number of nitrogen functional groups attached to an aromatic ring is 1. The Bertz CT molecular complexity index is 633. The van der Waals surface area contributed by atoms with Crippen LogP contribution in [0.5, 0.6) is 23.3 Å². The molecule has 2 N–H and O–H groups in total. The summed E-state index contributed by atoms with van der Waals surface area (Å²) in [5, 5.41) is 0. The molecule has 7 nitrogen and oxygen atoms in total. The highest BCUT2D eigenvalue weighted by atomic mass is 16.7. The van der Waals surface area contributed by atoms with E-state index in [1.807, 2.05) is 18.2 Å². The number of hydrogen-bond acceptors (Lipinski definition) is 7. The Labute approximate surface area is 115 Å². The number of rotatable bonds is 4. The minimum Gasteiger partial charge on any atom is -0.479 e. The largest absolute Gasteiger partial charge is 0.479 e. The van der Waals surface area contributed by atoms with Crippen LogP contribution in [0.25, 0.3) is 0 Å². The quantitative estimate of drug-likeness (QED) is 0.901. The molecule has 0 fully saturated rings. The maximum atomic E-state index is 5.83. The van der Waals surface area contributed by atoms with Crippen molar-refractivity contribution in [3.05, 3.63) is 30.1 Å². The van der Waals surface area contributed by atoms with Gasteiger partial charge in [-0.2, -0.15) is 9.97 Å². The second-order valence-electron chi connectivity index (χ2n) is 4.08. The Kier molecular flexibility index (Phi) is 3.16. The maximum Gasteiger partial charge on any atom is 0.244 e. The third kappa shape index (κ3) is 2.25. The van der Waals surface area contributed by atoms with Gasteiger partial charge in [0, 0.05) is 0 Å². The van der Waals surface area contributed by atoms with Crippen LogP contribution in [-0.4, -0.2) is 23.9 Å². The lowest BCUT2D eigenvalue weighted by molar-refractivity contribution is 0.174. The van der Waals surface area contributed by atoms with Gasteiger partial charge in [0.2, 0.25) is 18.6 Å². The van der Waals surface area contributed by atoms with Gasteiger partial charge >= 0.3 is 0 Å². The fraction of sp³-hybridized carbons (Fsp3) is 0.231. The molecule has 0 atom stereocenters. The third-order valence-electron chi connectivity index (χ3n) is 2.82. The molecule has 1 aromatic carbocycles. The fourth-order valence-corrected chi connectivity index (χ4v) is 1.82. The molecule has 0 bridgehead atoms. The molecule has 2 aromatic rings. The average Bonchev–Trinajstić information content (AvgIpc) is 2.93. The van der Waals surface area contributed by atoms with Crippen molar-refractivity contribution in [2.24, 2.45) is 0 Å². The van der Waals surface area contributed by atoms with Crippen LogP contribution in [-0.2, 0) is 6.61 Å². The molecule has 1 aliphatic rings. The van der Waals surface area contributed by atoms with E-state index < -0.39 is 0 Å². The SMILES string of the molecule is COc1ncnc(OCc2ccc3c(c2)OCO3)c1N. The number of anilines is 1. The highest BCUT2D eigenvalue weighted by molar-refractivity contribution is 5.55. The Hall–Kier alpha value is -2.70. The molecule has 0 saturated carbocycles. The molecule has 7 heteroatoms. The van der Waals surface area contributed by atoms with Gasteiger partial charge in [-0.15, -0.1) is 0 Å². The normalized spacial score (nSPS) is 12.2. The van der Waals surface area contributed by atoms with E-state index >= 15 is 0 Å². The van der Waals surface area contributed by atoms with Crippen LogP contribution >= 0.6 is 0 Å². The Morgan fingerprint density at radius 3 is 2.85 bits per heavy atom. The number of nitrogens with zero attached hydrogens (tertiary/aromatic N) is 2. The molecule has 0 amide bonds. The zero-order chi connectivity index (χ0) is 13.9. The van der Waals surface area contributed by atoms with Crippen molar-refractivity contribution in [3.63, 3.8) is 0 Å². The number of aromatic nitrogens is 2. The first-order chi connectivity index (χ1) is 9.78. The average molecular weight is 275 g/mol. The number of ether oxygens (including phenoxy) is 4. The van der Waals surface area contributed by atoms with Crippen molar-refractivity contribution in [2.75, 3.05) is 19.6 Å². The number of benzene rings is 1. The lowest BCUT2D eigenvalue weighted by atomic mass is 10.2. The van der Waals surface area contributed by atoms with Crippen LogP contribution in [0.15, 0.2) is 24.5 Å². The monoisotopic (exact) mass is 275 g/mol. The zero-order valence-electron chi connectivity index (χ0n) is 10.8. The molecular formula is C13H13N3O4. The molecule has 0 radical (unpaired) electrons. The number of hydrogen-bond donors (Lipinski definition) is 1. The molecule has 2 heterocycles. The summed E-state index contributed by atoms with van der Waals surface area (Å²) in [6.45, 7) is 0.552. The second kappa shape index (κ2) is 5.12. The van der Waals surface area contributed by atoms with Crippen molar-refractivity contribution in [1.82, 2.24) is 9.97 Å². The van der Waals surface area contributed by atoms with Gasteiger partial charge < -0.3 is 24.7 Å². The highest BCUT2D eigenvalue weighted by Crippen LogP contribution is 2.33. The zero-order valence-corrected chi connectivity index (χ0v) is 10.8. The molecule has 0 spiro atoms. The van der Waals surface area contributed by atoms with Gasteiger partial charge in [0.05, 0.1) is 7.11 Å². The van der Waals surface area contributed by atoms with E-state index in [1.165, 1.54) is 13.4 Å². The number of nitrogens with two attached hydrogens (primary N) is 1. The number of methoxy groups -OCH3 is 1. The summed E-state index contributed by atoms with van der Waals surface area (Å²) in [4.78, 5) is 7.86. The topological polar surface area (TPSA) is 88.7 Å². The van der Waals surface area contributed by atoms with E-state index in [-0.39, 0.29) is 18.4 Å². The fourth-order valence-electron chi connectivity index (χ4n) is 1.82. The molecular weight excluding hydrogens is 262 g/mol. The van der Waals surface area contributed by atoms with Gasteiger partial charge in [-0.1, -0.05) is 6.07 Å². The summed E-state index contributed by atoms with van der Waals surface area (Å²) >= 11 is 0. The predicted octanol–water partition coefficient (Wildman–Crippen LogP) is 1.38. The van der Waals surface area contributed by atoms with E-state index in [0.29, 0.717) is 18.2 Å². The molecule has 104 valence electrons. The first-order valence-corrected chi connectivity index (χ1v) is 5.93. The first-order valence-electron chi connectivity index (χ1n) is 5.93. The summed E-state index contributed by atoms with van der Waals surface area (Å²) in [6, 6.07) is 5.59. The Morgan fingerprint density at radius 1 is 1.20 bits per heavy atom. The standard InChI is InChI=1S/C13H13N3O4/c1-17-12-11(14)13(16-6-15-12)18-5-8-2-3-9-10(4-8)20-7-19-9/h2-4,6H,5,7,14H2,1H3. The molecule has 3 rings (SSSR count). The summed E-state index contributed by atoms with van der Waals surface area (Å²) in [7, 11) is 1.49. The van der Waals surface area contributed by atoms with Gasteiger partial charge in [-0.25, -0.2) is 0 Å². The van der Waals surface area contributed by atoms with Gasteiger partial charge in [0.1, 0.15) is 12.9 Å². The van der Waals surface area contributed by atoms with E-state index in [4.69, 9.17) is 24.7 Å². The Balaban J connectivity index is 1.73. The van der Waals surface area contributed by atoms with Gasteiger partial charge in [0.15, 0.2) is 17.2 Å². The van der Waals surface area contributed by atoms with Crippen LogP contribution in [0.3, 0.4) is 0 Å². The van der Waals surface area contributed by atoms with E-state index in [9.17, 15) is 0 Å². The van der Waals surface area contributed by atoms with Crippen molar-refractivity contribution >= 4 is 5.69 Å². The molecule has 0 aliphatic carbocycles. The summed E-state index contributed by atoms with van der Waals surface area (Å²) < 4.78 is 21.1. The lowest BCUT2D eigenvalue weighted by Crippen LogP contribution is -2.03. The van der Waals surface area contributed by atoms with Crippen molar-refractivity contribution < 1.29 is 18.9 Å². The maximum absolute atomic E-state index is 5.83. The Morgan fingerprint density at radius 2 is 2.00 bits per heavy atom. The van der Waals surface area contributed by atoms with Crippen LogP contribution < -0.4 is 24.7 Å². The van der Waals surface area contributed by atoms with Crippen LogP contribution in [0, 0.1) is 0 Å². The van der Waals surface area contributed by atoms with Gasteiger partial charge in [-0.05, 0) is 17.7 Å². The molecule has 1 aromatic heterocycles. The summed E-state index contributed by atoms with van der Waals surface area (Å²) in [6.07, 6.45) is 1.34. The van der Waals surface area contributed by atoms with Gasteiger partial charge in [-0.3, -0.25) is 0 Å². The second-order valence-corrected chi connectivity index (χ2v) is 4.08. The summed E-state index contributed by atoms with van der Waals surface area (Å²) in [5.74, 6) is 2.02. The molecule has 1 aliphatic heterocycles. The smallest absolute Gasteiger partial charge is 0.244 e. The summed E-state index contributed by atoms with van der Waals surface area (Å²) in [5.41, 5.74) is 7.02. The van der Waals surface area contributed by atoms with Crippen LogP contribution in [0.2, 0.25) is 0 Å². The van der Waals surface area contributed by atoms with E-state index in [2.05, 4.69) is 9.97 Å². The van der Waals surface area contributed by atoms with Crippen molar-refractivity contribution in [2.45, 2.75) is 6.61 Å². The minimum atomic E-state index is 0.246. The van der Waals surface area contributed by atoms with Gasteiger partial charge in [0.25, 0.3) is 0 Å². The van der Waals surface area contributed by atoms with Crippen molar-refractivity contribution in [1.29, 1.82) is 0 Å². The van der Waals surface area contributed by atoms with Crippen LogP contribution in [0.1, 0.15) is 5.56 Å². The first kappa shape index (κ1) is 12.3. The molecule has 0 unspecified atom stereocenters. The van der Waals surface area contributed by atoms with Crippen LogP contribution in [0.4, 0.5) is 5.69 Å².